The summed E-state index contributed by atoms with van der Waals surface area (Å²) in [4.78, 5) is 24.3. The molecule has 1 saturated heterocycles. The van der Waals surface area contributed by atoms with Gasteiger partial charge in [-0.25, -0.2) is 4.99 Å². The number of nitrogens with zero attached hydrogens (tertiary/aromatic N) is 3. The number of hydrogen-bond acceptors (Lipinski definition) is 4. The van der Waals surface area contributed by atoms with E-state index >= 15 is 0 Å². The molecular weight excluding hydrogens is 497 g/mol. The van der Waals surface area contributed by atoms with Gasteiger partial charge in [-0.15, -0.1) is 35.3 Å². The van der Waals surface area contributed by atoms with Gasteiger partial charge in [-0.2, -0.15) is 0 Å². The van der Waals surface area contributed by atoms with Gasteiger partial charge < -0.3 is 15.5 Å². The molecule has 1 aromatic rings. The van der Waals surface area contributed by atoms with Crippen LogP contribution in [0.3, 0.4) is 0 Å². The number of aryl methyl sites for hydroxylation is 1. The highest BCUT2D eigenvalue weighted by Crippen LogP contribution is 2.28. The van der Waals surface area contributed by atoms with Gasteiger partial charge >= 0.3 is 0 Å². The maximum atomic E-state index is 12.3. The van der Waals surface area contributed by atoms with Crippen molar-refractivity contribution < 1.29 is 4.79 Å². The Hall–Kier alpha value is -0.870. The number of amides is 1. The van der Waals surface area contributed by atoms with Gasteiger partial charge in [-0.1, -0.05) is 13.3 Å². The number of halogens is 1. The van der Waals surface area contributed by atoms with Crippen LogP contribution in [0.1, 0.15) is 42.9 Å². The van der Waals surface area contributed by atoms with Crippen LogP contribution in [0, 0.1) is 5.92 Å². The Balaban J connectivity index is 0.00000300. The molecule has 0 spiro atoms. The molecule has 6 nitrogen and oxygen atoms in total. The van der Waals surface area contributed by atoms with Crippen molar-refractivity contribution >= 4 is 47.2 Å². The maximum Gasteiger partial charge on any atom is 0.225 e. The van der Waals surface area contributed by atoms with E-state index in [1.165, 1.54) is 16.2 Å². The van der Waals surface area contributed by atoms with Gasteiger partial charge in [0.05, 0.1) is 6.54 Å². The first-order chi connectivity index (χ1) is 13.7. The summed E-state index contributed by atoms with van der Waals surface area (Å²) >= 11 is 1.85. The molecule has 1 aliphatic heterocycles. The van der Waals surface area contributed by atoms with E-state index in [4.69, 9.17) is 4.99 Å². The number of thiophene rings is 1. The van der Waals surface area contributed by atoms with Crippen LogP contribution in [-0.2, 0) is 17.8 Å². The zero-order valence-electron chi connectivity index (χ0n) is 17.8. The molecule has 164 valence electrons. The summed E-state index contributed by atoms with van der Waals surface area (Å²) in [6, 6.07) is 4.38. The summed E-state index contributed by atoms with van der Waals surface area (Å²) in [6.07, 6.45) is 4.51. The Morgan fingerprint density at radius 3 is 2.45 bits per heavy atom. The van der Waals surface area contributed by atoms with Gasteiger partial charge in [0.25, 0.3) is 0 Å². The Morgan fingerprint density at radius 2 is 1.86 bits per heavy atom. The van der Waals surface area contributed by atoms with Crippen LogP contribution in [0.5, 0.6) is 0 Å². The van der Waals surface area contributed by atoms with Crippen LogP contribution in [0.25, 0.3) is 0 Å². The fourth-order valence-electron chi connectivity index (χ4n) is 3.63. The molecule has 0 unspecified atom stereocenters. The number of nitrogens with one attached hydrogen (secondary N) is 2. The number of hydrogen-bond donors (Lipinski definition) is 2. The zero-order valence-corrected chi connectivity index (χ0v) is 20.9. The normalized spacial score (nSPS) is 18.1. The molecule has 1 aliphatic carbocycles. The van der Waals surface area contributed by atoms with Gasteiger partial charge in [0.15, 0.2) is 5.96 Å². The monoisotopic (exact) mass is 533 g/mol. The Kier molecular flexibility index (Phi) is 10.7. The standard InChI is InChI=1S/C21H35N5OS.HI/c1-3-18-8-9-19(28-18)16-24-21(22-4-2)23-10-11-25-12-14-26(15-13-25)20(27)17-6-5-7-17;/h8-9,17H,3-7,10-16H2,1-2H3,(H2,22,23,24);1H. The molecule has 2 fully saturated rings. The first-order valence-electron chi connectivity index (χ1n) is 10.8. The van der Waals surface area contributed by atoms with Crippen LogP contribution >= 0.6 is 35.3 Å². The van der Waals surface area contributed by atoms with E-state index in [2.05, 4.69) is 46.4 Å². The largest absolute Gasteiger partial charge is 0.357 e. The molecule has 2 heterocycles. The van der Waals surface area contributed by atoms with Crippen LogP contribution in [0.4, 0.5) is 0 Å². The van der Waals surface area contributed by atoms with Crippen molar-refractivity contribution in [3.63, 3.8) is 0 Å². The van der Waals surface area contributed by atoms with E-state index in [9.17, 15) is 4.79 Å². The molecule has 29 heavy (non-hydrogen) atoms. The second kappa shape index (κ2) is 12.7. The Labute approximate surface area is 196 Å². The number of aliphatic imine (C=N–C) groups is 1. The summed E-state index contributed by atoms with van der Waals surface area (Å²) in [5, 5.41) is 6.78. The van der Waals surface area contributed by atoms with Gasteiger partial charge in [-0.3, -0.25) is 9.69 Å². The molecule has 8 heteroatoms. The van der Waals surface area contributed by atoms with E-state index in [0.29, 0.717) is 11.8 Å². The lowest BCUT2D eigenvalue weighted by Crippen LogP contribution is -2.52. The van der Waals surface area contributed by atoms with Crippen LogP contribution in [0.15, 0.2) is 17.1 Å². The zero-order chi connectivity index (χ0) is 19.8. The third-order valence-corrected chi connectivity index (χ3v) is 6.88. The molecule has 2 aliphatic rings. The van der Waals surface area contributed by atoms with Crippen molar-refractivity contribution in [1.82, 2.24) is 20.4 Å². The first-order valence-corrected chi connectivity index (χ1v) is 11.6. The second-order valence-corrected chi connectivity index (χ2v) is 8.89. The van der Waals surface area contributed by atoms with E-state index in [1.807, 2.05) is 11.3 Å². The van der Waals surface area contributed by atoms with E-state index in [1.54, 1.807) is 0 Å². The molecule has 1 amide bonds. The highest BCUT2D eigenvalue weighted by Gasteiger charge is 2.30. The predicted molar refractivity (Wildman–Crippen MR) is 132 cm³/mol. The summed E-state index contributed by atoms with van der Waals surface area (Å²) < 4.78 is 0. The minimum Gasteiger partial charge on any atom is -0.357 e. The van der Waals surface area contributed by atoms with Crippen molar-refractivity contribution in [2.45, 2.75) is 46.1 Å². The molecule has 3 rings (SSSR count). The van der Waals surface area contributed by atoms with Crippen LogP contribution < -0.4 is 10.6 Å². The fraction of sp³-hybridized carbons (Fsp3) is 0.714. The average molecular weight is 534 g/mol. The average Bonchev–Trinajstić information content (AvgIpc) is 3.13. The lowest BCUT2D eigenvalue weighted by molar-refractivity contribution is -0.139. The third kappa shape index (κ3) is 7.40. The van der Waals surface area contributed by atoms with Crippen molar-refractivity contribution in [2.75, 3.05) is 45.8 Å². The Morgan fingerprint density at radius 1 is 1.14 bits per heavy atom. The van der Waals surface area contributed by atoms with E-state index in [0.717, 1.165) is 77.6 Å². The minimum absolute atomic E-state index is 0. The van der Waals surface area contributed by atoms with Crippen molar-refractivity contribution in [2.24, 2.45) is 10.9 Å². The van der Waals surface area contributed by atoms with Gasteiger partial charge in [0, 0.05) is 61.5 Å². The van der Waals surface area contributed by atoms with Crippen molar-refractivity contribution in [1.29, 1.82) is 0 Å². The van der Waals surface area contributed by atoms with E-state index < -0.39 is 0 Å². The topological polar surface area (TPSA) is 60.0 Å². The van der Waals surface area contributed by atoms with Gasteiger partial charge in [0.1, 0.15) is 0 Å². The van der Waals surface area contributed by atoms with E-state index in [-0.39, 0.29) is 24.0 Å². The molecule has 0 aromatic carbocycles. The maximum absolute atomic E-state index is 12.3. The molecule has 2 N–H and O–H groups in total. The summed E-state index contributed by atoms with van der Waals surface area (Å²) in [6.45, 7) is 11.4. The number of rotatable bonds is 8. The summed E-state index contributed by atoms with van der Waals surface area (Å²) in [5.41, 5.74) is 0. The predicted octanol–water partition coefficient (Wildman–Crippen LogP) is 2.93. The quantitative estimate of drug-likeness (QED) is 0.307. The second-order valence-electron chi connectivity index (χ2n) is 7.64. The molecule has 0 atom stereocenters. The number of carbonyl (C=O) groups is 1. The molecule has 0 bridgehead atoms. The molecular formula is C21H36IN5OS. The number of guanidine groups is 1. The molecule has 1 aromatic heterocycles. The summed E-state index contributed by atoms with van der Waals surface area (Å²) in [7, 11) is 0. The first kappa shape index (κ1) is 24.4. The van der Waals surface area contributed by atoms with Crippen LogP contribution in [-0.4, -0.2) is 67.5 Å². The SMILES string of the molecule is CCNC(=NCc1ccc(CC)s1)NCCN1CCN(C(=O)C2CCC2)CC1.I. The van der Waals surface area contributed by atoms with Gasteiger partial charge in [0.2, 0.25) is 5.91 Å². The van der Waals surface area contributed by atoms with Crippen LogP contribution in [0.2, 0.25) is 0 Å². The lowest BCUT2D eigenvalue weighted by atomic mass is 9.84. The minimum atomic E-state index is 0. The highest BCUT2D eigenvalue weighted by molar-refractivity contribution is 14.0. The molecule has 0 radical (unpaired) electrons. The summed E-state index contributed by atoms with van der Waals surface area (Å²) in [5.74, 6) is 1.60. The smallest absolute Gasteiger partial charge is 0.225 e. The fourth-order valence-corrected chi connectivity index (χ4v) is 4.52. The number of piperazine rings is 1. The third-order valence-electron chi connectivity index (χ3n) is 5.66. The van der Waals surface area contributed by atoms with Gasteiger partial charge in [-0.05, 0) is 38.3 Å². The highest BCUT2D eigenvalue weighted by atomic mass is 127. The Bertz CT molecular complexity index is 653. The molecule has 1 saturated carbocycles. The van der Waals surface area contributed by atoms with Crippen molar-refractivity contribution in [3.05, 3.63) is 21.9 Å². The van der Waals surface area contributed by atoms with Crippen molar-refractivity contribution in [3.8, 4) is 0 Å². The number of carbonyl (C=O) groups excluding carboxylic acids is 1. The lowest BCUT2D eigenvalue weighted by Gasteiger charge is -2.38.